The second kappa shape index (κ2) is 7.81. The molecule has 134 valence electrons. The lowest BCUT2D eigenvalue weighted by Gasteiger charge is -2.22. The number of nitrogens with one attached hydrogen (secondary N) is 2. The number of hydrogen-bond donors (Lipinski definition) is 2. The number of nitrogens with zero attached hydrogens (tertiary/aromatic N) is 4. The van der Waals surface area contributed by atoms with Crippen LogP contribution in [-0.4, -0.2) is 43.3 Å². The normalized spacial score (nSPS) is 15.3. The zero-order valence-corrected chi connectivity index (χ0v) is 15.2. The monoisotopic (exact) mass is 362 g/mol. The van der Waals surface area contributed by atoms with Crippen LogP contribution in [0.25, 0.3) is 5.78 Å². The van der Waals surface area contributed by atoms with Crippen LogP contribution in [0.4, 0.5) is 4.79 Å². The van der Waals surface area contributed by atoms with Crippen LogP contribution in [0.15, 0.2) is 11.2 Å². The Morgan fingerprint density at radius 2 is 2.00 bits per heavy atom. The Hall–Kier alpha value is -2.16. The van der Waals surface area contributed by atoms with Gasteiger partial charge in [0, 0.05) is 17.4 Å². The van der Waals surface area contributed by atoms with Gasteiger partial charge in [0.1, 0.15) is 0 Å². The Kier molecular flexibility index (Phi) is 5.52. The van der Waals surface area contributed by atoms with Crippen LogP contribution in [0.3, 0.4) is 0 Å². The third kappa shape index (κ3) is 4.68. The molecule has 2 aromatic rings. The Balaban J connectivity index is 1.50. The Morgan fingerprint density at radius 3 is 2.76 bits per heavy atom. The number of amides is 3. The van der Waals surface area contributed by atoms with Crippen LogP contribution in [0.1, 0.15) is 43.5 Å². The van der Waals surface area contributed by atoms with E-state index < -0.39 is 6.03 Å². The lowest BCUT2D eigenvalue weighted by atomic mass is 9.96. The summed E-state index contributed by atoms with van der Waals surface area (Å²) < 4.78 is 1.64. The number of thioether (sulfide) groups is 1. The Bertz CT molecular complexity index is 784. The SMILES string of the molecule is Cc1cc(C)n2nc(SCC(=O)NC(=O)NC3CCCCC3)nc2n1. The number of imide groups is 1. The topological polar surface area (TPSA) is 101 Å². The molecule has 1 aliphatic rings. The van der Waals surface area contributed by atoms with Crippen molar-refractivity contribution in [3.8, 4) is 0 Å². The van der Waals surface area contributed by atoms with Crippen molar-refractivity contribution in [3.63, 3.8) is 0 Å². The van der Waals surface area contributed by atoms with Crippen molar-refractivity contribution in [1.29, 1.82) is 0 Å². The van der Waals surface area contributed by atoms with Crippen LogP contribution in [-0.2, 0) is 4.79 Å². The van der Waals surface area contributed by atoms with Crippen molar-refractivity contribution in [2.24, 2.45) is 0 Å². The number of urea groups is 1. The Morgan fingerprint density at radius 1 is 1.24 bits per heavy atom. The summed E-state index contributed by atoms with van der Waals surface area (Å²) in [4.78, 5) is 32.4. The van der Waals surface area contributed by atoms with Gasteiger partial charge >= 0.3 is 6.03 Å². The molecule has 2 aromatic heterocycles. The first-order valence-corrected chi connectivity index (χ1v) is 9.44. The van der Waals surface area contributed by atoms with E-state index in [9.17, 15) is 9.59 Å². The highest BCUT2D eigenvalue weighted by atomic mass is 32.2. The molecule has 25 heavy (non-hydrogen) atoms. The van der Waals surface area contributed by atoms with E-state index >= 15 is 0 Å². The maximum Gasteiger partial charge on any atom is 0.321 e. The molecule has 0 saturated heterocycles. The molecule has 0 radical (unpaired) electrons. The fraction of sp³-hybridized carbons (Fsp3) is 0.562. The highest BCUT2D eigenvalue weighted by Crippen LogP contribution is 2.17. The Labute approximate surface area is 150 Å². The third-order valence-electron chi connectivity index (χ3n) is 4.12. The van der Waals surface area contributed by atoms with Gasteiger partial charge in [0.05, 0.1) is 5.75 Å². The molecule has 2 N–H and O–H groups in total. The van der Waals surface area contributed by atoms with Crippen LogP contribution in [0, 0.1) is 13.8 Å². The number of fused-ring (bicyclic) bond motifs is 1. The summed E-state index contributed by atoms with van der Waals surface area (Å²) in [6, 6.07) is 1.67. The molecule has 9 heteroatoms. The van der Waals surface area contributed by atoms with Gasteiger partial charge in [-0.1, -0.05) is 31.0 Å². The summed E-state index contributed by atoms with van der Waals surface area (Å²) >= 11 is 1.18. The van der Waals surface area contributed by atoms with E-state index in [1.807, 2.05) is 19.9 Å². The molecule has 1 saturated carbocycles. The summed E-state index contributed by atoms with van der Waals surface area (Å²) in [6.07, 6.45) is 5.43. The lowest BCUT2D eigenvalue weighted by Crippen LogP contribution is -2.45. The summed E-state index contributed by atoms with van der Waals surface area (Å²) in [7, 11) is 0. The molecule has 2 heterocycles. The average molecular weight is 362 g/mol. The number of aromatic nitrogens is 4. The largest absolute Gasteiger partial charge is 0.335 e. The number of hydrogen-bond acceptors (Lipinski definition) is 6. The molecule has 0 bridgehead atoms. The molecule has 0 aliphatic heterocycles. The van der Waals surface area contributed by atoms with Crippen molar-refractivity contribution in [1.82, 2.24) is 30.2 Å². The fourth-order valence-corrected chi connectivity index (χ4v) is 3.59. The number of aryl methyl sites for hydroxylation is 2. The van der Waals surface area contributed by atoms with Gasteiger partial charge < -0.3 is 5.32 Å². The van der Waals surface area contributed by atoms with Gasteiger partial charge in [0.25, 0.3) is 5.78 Å². The highest BCUT2D eigenvalue weighted by Gasteiger charge is 2.17. The highest BCUT2D eigenvalue weighted by molar-refractivity contribution is 7.99. The molecular weight excluding hydrogens is 340 g/mol. The summed E-state index contributed by atoms with van der Waals surface area (Å²) in [5.74, 6) is 0.223. The van der Waals surface area contributed by atoms with Gasteiger partial charge in [-0.05, 0) is 32.8 Å². The first kappa shape index (κ1) is 17.7. The fourth-order valence-electron chi connectivity index (χ4n) is 2.97. The number of carbonyl (C=O) groups excluding carboxylic acids is 2. The average Bonchev–Trinajstić information content (AvgIpc) is 2.97. The summed E-state index contributed by atoms with van der Waals surface area (Å²) in [5.41, 5.74) is 1.80. The van der Waals surface area contributed by atoms with Crippen LogP contribution in [0.5, 0.6) is 0 Å². The molecule has 8 nitrogen and oxygen atoms in total. The van der Waals surface area contributed by atoms with Crippen molar-refractivity contribution in [2.45, 2.75) is 57.1 Å². The van der Waals surface area contributed by atoms with E-state index in [0.29, 0.717) is 10.9 Å². The molecule has 1 aliphatic carbocycles. The van der Waals surface area contributed by atoms with Gasteiger partial charge in [0.15, 0.2) is 0 Å². The van der Waals surface area contributed by atoms with Crippen molar-refractivity contribution in [3.05, 3.63) is 17.5 Å². The standard InChI is InChI=1S/C16H22N6O2S/c1-10-8-11(2)22-14(17-10)20-16(21-22)25-9-13(23)19-15(24)18-12-6-4-3-5-7-12/h8,12H,3-7,9H2,1-2H3,(H2,18,19,23,24). The zero-order valence-electron chi connectivity index (χ0n) is 14.4. The maximum atomic E-state index is 11.9. The molecule has 0 atom stereocenters. The van der Waals surface area contributed by atoms with Crippen LogP contribution < -0.4 is 10.6 Å². The molecule has 3 amide bonds. The van der Waals surface area contributed by atoms with E-state index in [1.165, 1.54) is 18.2 Å². The van der Waals surface area contributed by atoms with Crippen molar-refractivity contribution >= 4 is 29.5 Å². The van der Waals surface area contributed by atoms with Crippen molar-refractivity contribution in [2.75, 3.05) is 5.75 Å². The molecule has 3 rings (SSSR count). The predicted molar refractivity (Wildman–Crippen MR) is 94.5 cm³/mol. The quantitative estimate of drug-likeness (QED) is 0.807. The van der Waals surface area contributed by atoms with Gasteiger partial charge in [-0.25, -0.2) is 14.3 Å². The smallest absolute Gasteiger partial charge is 0.321 e. The van der Waals surface area contributed by atoms with Crippen LogP contribution in [0.2, 0.25) is 0 Å². The first-order chi connectivity index (χ1) is 12.0. The second-order valence-corrected chi connectivity index (χ2v) is 7.23. The van der Waals surface area contributed by atoms with Gasteiger partial charge in [-0.2, -0.15) is 4.98 Å². The first-order valence-electron chi connectivity index (χ1n) is 8.45. The molecule has 1 fully saturated rings. The molecule has 0 aromatic carbocycles. The summed E-state index contributed by atoms with van der Waals surface area (Å²) in [5, 5.41) is 10.0. The van der Waals surface area contributed by atoms with E-state index in [1.54, 1.807) is 4.52 Å². The predicted octanol–water partition coefficient (Wildman–Crippen LogP) is 1.99. The minimum absolute atomic E-state index is 0.0764. The number of carbonyl (C=O) groups is 2. The van der Waals surface area contributed by atoms with E-state index in [4.69, 9.17) is 0 Å². The van der Waals surface area contributed by atoms with E-state index in [-0.39, 0.29) is 17.7 Å². The van der Waals surface area contributed by atoms with Gasteiger partial charge in [-0.15, -0.1) is 5.10 Å². The minimum Gasteiger partial charge on any atom is -0.335 e. The number of rotatable bonds is 4. The van der Waals surface area contributed by atoms with Crippen LogP contribution >= 0.6 is 11.8 Å². The van der Waals surface area contributed by atoms with Gasteiger partial charge in [0.2, 0.25) is 11.1 Å². The maximum absolute atomic E-state index is 11.9. The van der Waals surface area contributed by atoms with E-state index in [0.717, 1.165) is 37.1 Å². The minimum atomic E-state index is -0.423. The lowest BCUT2D eigenvalue weighted by molar-refractivity contribution is -0.117. The van der Waals surface area contributed by atoms with Gasteiger partial charge in [-0.3, -0.25) is 10.1 Å². The summed E-state index contributed by atoms with van der Waals surface area (Å²) in [6.45, 7) is 3.82. The molecular formula is C16H22N6O2S. The molecule has 0 unspecified atom stereocenters. The molecule has 0 spiro atoms. The second-order valence-electron chi connectivity index (χ2n) is 6.29. The van der Waals surface area contributed by atoms with Crippen molar-refractivity contribution < 1.29 is 9.59 Å². The third-order valence-corrected chi connectivity index (χ3v) is 4.96. The zero-order chi connectivity index (χ0) is 17.8. The van der Waals surface area contributed by atoms with E-state index in [2.05, 4.69) is 25.7 Å².